The average molecular weight is 343 g/mol. The number of hydrogen-bond donors (Lipinski definition) is 0. The van der Waals surface area contributed by atoms with Crippen LogP contribution in [0.5, 0.6) is 11.6 Å². The Hall–Kier alpha value is -2.79. The highest BCUT2D eigenvalue weighted by Gasteiger charge is 2.10. The van der Waals surface area contributed by atoms with Crippen LogP contribution >= 0.6 is 11.6 Å². The van der Waals surface area contributed by atoms with Crippen LogP contribution in [0.3, 0.4) is 0 Å². The van der Waals surface area contributed by atoms with Crippen LogP contribution in [0.1, 0.15) is 21.7 Å². The lowest BCUT2D eigenvalue weighted by Gasteiger charge is -2.07. The van der Waals surface area contributed by atoms with E-state index in [0.717, 1.165) is 0 Å². The number of halogens is 2. The largest absolute Gasteiger partial charge is 0.439 e. The Bertz CT molecular complexity index is 860. The molecule has 6 heteroatoms. The SMILES string of the molecule is Cc1nc(Cl)cc(Oc2ccc(C(=O)c3ccc(F)cc3)cc2)n1. The molecule has 3 aromatic rings. The first-order chi connectivity index (χ1) is 11.5. The van der Waals surface area contributed by atoms with Crippen LogP contribution < -0.4 is 4.74 Å². The molecule has 0 aliphatic carbocycles. The minimum absolute atomic E-state index is 0.192. The van der Waals surface area contributed by atoms with Gasteiger partial charge in [-0.1, -0.05) is 11.6 Å². The van der Waals surface area contributed by atoms with Gasteiger partial charge >= 0.3 is 0 Å². The number of ketones is 1. The molecule has 4 nitrogen and oxygen atoms in total. The molecule has 0 radical (unpaired) electrons. The number of carbonyl (C=O) groups is 1. The Balaban J connectivity index is 1.77. The zero-order valence-corrected chi connectivity index (χ0v) is 13.4. The molecule has 0 amide bonds. The predicted octanol–water partition coefficient (Wildman–Crippen LogP) is 4.60. The number of hydrogen-bond acceptors (Lipinski definition) is 4. The van der Waals surface area contributed by atoms with Crippen LogP contribution in [0, 0.1) is 12.7 Å². The van der Waals surface area contributed by atoms with Gasteiger partial charge in [-0.3, -0.25) is 4.79 Å². The summed E-state index contributed by atoms with van der Waals surface area (Å²) in [5.74, 6) is 0.766. The first-order valence-electron chi connectivity index (χ1n) is 7.10. The van der Waals surface area contributed by atoms with Crippen molar-refractivity contribution in [3.8, 4) is 11.6 Å². The number of aromatic nitrogens is 2. The minimum atomic E-state index is -0.380. The van der Waals surface area contributed by atoms with Crippen LogP contribution in [0.25, 0.3) is 0 Å². The van der Waals surface area contributed by atoms with Gasteiger partial charge in [-0.05, 0) is 55.5 Å². The summed E-state index contributed by atoms with van der Waals surface area (Å²) < 4.78 is 18.5. The number of rotatable bonds is 4. The fraction of sp³-hybridized carbons (Fsp3) is 0.0556. The van der Waals surface area contributed by atoms with Gasteiger partial charge in [0, 0.05) is 17.2 Å². The molecule has 1 aromatic heterocycles. The van der Waals surface area contributed by atoms with E-state index < -0.39 is 0 Å². The third-order valence-electron chi connectivity index (χ3n) is 3.23. The lowest BCUT2D eigenvalue weighted by molar-refractivity contribution is 0.103. The average Bonchev–Trinajstić information content (AvgIpc) is 2.55. The Labute approximate surface area is 142 Å². The van der Waals surface area contributed by atoms with E-state index in [1.807, 2.05) is 0 Å². The first kappa shape index (κ1) is 16.1. The van der Waals surface area contributed by atoms with Crippen LogP contribution in [0.15, 0.2) is 54.6 Å². The third-order valence-corrected chi connectivity index (χ3v) is 3.42. The smallest absolute Gasteiger partial charge is 0.224 e. The van der Waals surface area contributed by atoms with E-state index in [0.29, 0.717) is 33.7 Å². The van der Waals surface area contributed by atoms with Gasteiger partial charge in [0.05, 0.1) is 0 Å². The number of aryl methyl sites for hydroxylation is 1. The lowest BCUT2D eigenvalue weighted by Crippen LogP contribution is -2.01. The van der Waals surface area contributed by atoms with Crippen molar-refractivity contribution in [1.29, 1.82) is 0 Å². The molecule has 2 aromatic carbocycles. The molecule has 0 atom stereocenters. The molecular formula is C18H12ClFN2O2. The van der Waals surface area contributed by atoms with Gasteiger partial charge in [0.2, 0.25) is 5.88 Å². The number of carbonyl (C=O) groups excluding carboxylic acids is 1. The summed E-state index contributed by atoms with van der Waals surface area (Å²) in [6, 6.07) is 13.5. The van der Waals surface area contributed by atoms with Gasteiger partial charge < -0.3 is 4.74 Å². The second-order valence-electron chi connectivity index (χ2n) is 5.04. The Kier molecular flexibility index (Phi) is 4.53. The molecule has 0 spiro atoms. The molecule has 0 aliphatic rings. The molecule has 1 heterocycles. The quantitative estimate of drug-likeness (QED) is 0.513. The highest BCUT2D eigenvalue weighted by atomic mass is 35.5. The molecule has 0 unspecified atom stereocenters. The molecule has 0 saturated heterocycles. The summed E-state index contributed by atoms with van der Waals surface area (Å²) in [5.41, 5.74) is 0.897. The highest BCUT2D eigenvalue weighted by molar-refractivity contribution is 6.29. The molecule has 24 heavy (non-hydrogen) atoms. The van der Waals surface area contributed by atoms with Crippen LogP contribution in [-0.2, 0) is 0 Å². The molecule has 0 bridgehead atoms. The number of benzene rings is 2. The summed E-state index contributed by atoms with van der Waals surface area (Å²) in [6.07, 6.45) is 0. The lowest BCUT2D eigenvalue weighted by atomic mass is 10.0. The fourth-order valence-electron chi connectivity index (χ4n) is 2.12. The topological polar surface area (TPSA) is 52.1 Å². The summed E-state index contributed by atoms with van der Waals surface area (Å²) in [6.45, 7) is 1.71. The Morgan fingerprint density at radius 2 is 1.58 bits per heavy atom. The molecule has 3 rings (SSSR count). The monoisotopic (exact) mass is 342 g/mol. The van der Waals surface area contributed by atoms with Gasteiger partial charge in [-0.15, -0.1) is 0 Å². The van der Waals surface area contributed by atoms with Crippen LogP contribution in [-0.4, -0.2) is 15.8 Å². The van der Waals surface area contributed by atoms with Crippen molar-refractivity contribution in [2.45, 2.75) is 6.92 Å². The standard InChI is InChI=1S/C18H12ClFN2O2/c1-11-21-16(19)10-17(22-11)24-15-8-4-13(5-9-15)18(23)12-2-6-14(20)7-3-12/h2-10H,1H3. The summed E-state index contributed by atoms with van der Waals surface area (Å²) in [7, 11) is 0. The molecule has 0 N–H and O–H groups in total. The Morgan fingerprint density at radius 1 is 1.00 bits per heavy atom. The van der Waals surface area contributed by atoms with Crippen molar-refractivity contribution >= 4 is 17.4 Å². The van der Waals surface area contributed by atoms with E-state index >= 15 is 0 Å². The molecule has 0 aliphatic heterocycles. The first-order valence-corrected chi connectivity index (χ1v) is 7.48. The third kappa shape index (κ3) is 3.75. The molecular weight excluding hydrogens is 331 g/mol. The normalized spacial score (nSPS) is 10.5. The second-order valence-corrected chi connectivity index (χ2v) is 5.43. The minimum Gasteiger partial charge on any atom is -0.439 e. The molecule has 0 saturated carbocycles. The van der Waals surface area contributed by atoms with Crippen molar-refractivity contribution in [3.05, 3.63) is 82.5 Å². The van der Waals surface area contributed by atoms with Gasteiger partial charge in [0.1, 0.15) is 22.5 Å². The maximum atomic E-state index is 12.9. The maximum absolute atomic E-state index is 12.9. The molecule has 0 fully saturated rings. The highest BCUT2D eigenvalue weighted by Crippen LogP contribution is 2.22. The maximum Gasteiger partial charge on any atom is 0.224 e. The summed E-state index contributed by atoms with van der Waals surface area (Å²) in [4.78, 5) is 20.4. The number of nitrogens with zero attached hydrogens (tertiary/aromatic N) is 2. The van der Waals surface area contributed by atoms with Gasteiger partial charge in [-0.2, -0.15) is 4.98 Å². The van der Waals surface area contributed by atoms with Crippen molar-refractivity contribution in [2.24, 2.45) is 0 Å². The van der Waals surface area contributed by atoms with Crippen molar-refractivity contribution in [1.82, 2.24) is 9.97 Å². The van der Waals surface area contributed by atoms with E-state index in [4.69, 9.17) is 16.3 Å². The predicted molar refractivity (Wildman–Crippen MR) is 88.1 cm³/mol. The van der Waals surface area contributed by atoms with E-state index in [-0.39, 0.29) is 11.6 Å². The Morgan fingerprint density at radius 3 is 2.17 bits per heavy atom. The summed E-state index contributed by atoms with van der Waals surface area (Å²) in [5, 5.41) is 0.292. The zero-order chi connectivity index (χ0) is 17.1. The fourth-order valence-corrected chi connectivity index (χ4v) is 2.34. The van der Waals surface area contributed by atoms with E-state index in [1.54, 1.807) is 31.2 Å². The number of ether oxygens (including phenoxy) is 1. The van der Waals surface area contributed by atoms with Crippen molar-refractivity contribution in [3.63, 3.8) is 0 Å². The van der Waals surface area contributed by atoms with Gasteiger partial charge in [-0.25, -0.2) is 9.37 Å². The van der Waals surface area contributed by atoms with Gasteiger partial charge in [0.15, 0.2) is 5.78 Å². The van der Waals surface area contributed by atoms with E-state index in [2.05, 4.69) is 9.97 Å². The molecule has 120 valence electrons. The van der Waals surface area contributed by atoms with Crippen LogP contribution in [0.2, 0.25) is 5.15 Å². The van der Waals surface area contributed by atoms with Crippen molar-refractivity contribution < 1.29 is 13.9 Å². The van der Waals surface area contributed by atoms with E-state index in [9.17, 15) is 9.18 Å². The van der Waals surface area contributed by atoms with Crippen molar-refractivity contribution in [2.75, 3.05) is 0 Å². The second kappa shape index (κ2) is 6.76. The van der Waals surface area contributed by atoms with E-state index in [1.165, 1.54) is 30.3 Å². The van der Waals surface area contributed by atoms with Gasteiger partial charge in [0.25, 0.3) is 0 Å². The van der Waals surface area contributed by atoms with Crippen LogP contribution in [0.4, 0.5) is 4.39 Å². The summed E-state index contributed by atoms with van der Waals surface area (Å²) >= 11 is 5.86. The zero-order valence-electron chi connectivity index (χ0n) is 12.7.